The number of aromatic hydroxyl groups is 1. The summed E-state index contributed by atoms with van der Waals surface area (Å²) in [7, 11) is 0. The first kappa shape index (κ1) is 20.9. The molecule has 0 saturated heterocycles. The molecule has 0 fully saturated rings. The highest BCUT2D eigenvalue weighted by molar-refractivity contribution is 5.39. The zero-order valence-electron chi connectivity index (χ0n) is 17.1. The zero-order chi connectivity index (χ0) is 20.9. The molecule has 3 nitrogen and oxygen atoms in total. The van der Waals surface area contributed by atoms with E-state index in [4.69, 9.17) is 9.47 Å². The summed E-state index contributed by atoms with van der Waals surface area (Å²) in [6, 6.07) is 19.6. The molecule has 0 spiro atoms. The molecule has 0 radical (unpaired) electrons. The molecule has 0 unspecified atom stereocenters. The topological polar surface area (TPSA) is 38.7 Å². The second-order valence-electron chi connectivity index (χ2n) is 7.75. The van der Waals surface area contributed by atoms with Crippen LogP contribution in [-0.2, 0) is 23.2 Å². The van der Waals surface area contributed by atoms with Gasteiger partial charge >= 0.3 is 0 Å². The van der Waals surface area contributed by atoms with E-state index in [0.717, 1.165) is 23.1 Å². The molecule has 3 aromatic carbocycles. The van der Waals surface area contributed by atoms with Gasteiger partial charge in [0.05, 0.1) is 13.2 Å². The number of halogens is 1. The van der Waals surface area contributed by atoms with Crippen LogP contribution >= 0.6 is 0 Å². The van der Waals surface area contributed by atoms with Crippen molar-refractivity contribution in [1.82, 2.24) is 0 Å². The van der Waals surface area contributed by atoms with Gasteiger partial charge < -0.3 is 14.6 Å². The molecule has 0 aliphatic carbocycles. The fraction of sp³-hybridized carbons (Fsp3) is 0.280. The van der Waals surface area contributed by atoms with Crippen LogP contribution in [0.25, 0.3) is 0 Å². The summed E-state index contributed by atoms with van der Waals surface area (Å²) < 4.78 is 25.7. The van der Waals surface area contributed by atoms with Gasteiger partial charge in [0.2, 0.25) is 0 Å². The molecular formula is C25H27FO3. The minimum absolute atomic E-state index is 0.183. The minimum Gasteiger partial charge on any atom is -0.508 e. The number of phenols is 1. The highest BCUT2D eigenvalue weighted by Gasteiger charge is 2.22. The summed E-state index contributed by atoms with van der Waals surface area (Å²) in [5, 5.41) is 9.91. The van der Waals surface area contributed by atoms with Crippen LogP contribution in [0.3, 0.4) is 0 Å². The lowest BCUT2D eigenvalue weighted by atomic mass is 9.84. The smallest absolute Gasteiger partial charge is 0.165 e. The Bertz CT molecular complexity index is 952. The van der Waals surface area contributed by atoms with Crippen molar-refractivity contribution in [2.75, 3.05) is 6.61 Å². The van der Waals surface area contributed by atoms with Gasteiger partial charge in [-0.15, -0.1) is 0 Å². The highest BCUT2D eigenvalue weighted by Crippen LogP contribution is 2.29. The predicted octanol–water partition coefficient (Wildman–Crippen LogP) is 6.38. The maximum Gasteiger partial charge on any atom is 0.165 e. The second-order valence-corrected chi connectivity index (χ2v) is 7.75. The Morgan fingerprint density at radius 1 is 0.966 bits per heavy atom. The summed E-state index contributed by atoms with van der Waals surface area (Å²) in [6.45, 7) is 7.08. The highest BCUT2D eigenvalue weighted by atomic mass is 19.1. The number of aryl methyl sites for hydroxylation is 1. The molecule has 0 amide bonds. The molecule has 0 aromatic heterocycles. The van der Waals surface area contributed by atoms with Crippen molar-refractivity contribution in [3.05, 3.63) is 89.2 Å². The molecule has 0 saturated carbocycles. The number of para-hydroxylation sites is 1. The number of hydrogen-bond donors (Lipinski definition) is 1. The molecule has 3 rings (SSSR count). The minimum atomic E-state index is -0.408. The number of benzene rings is 3. The Kier molecular flexibility index (Phi) is 6.55. The van der Waals surface area contributed by atoms with E-state index in [9.17, 15) is 9.50 Å². The molecule has 4 heteroatoms. The van der Waals surface area contributed by atoms with Gasteiger partial charge in [-0.2, -0.15) is 0 Å². The van der Waals surface area contributed by atoms with Crippen LogP contribution in [0.15, 0.2) is 66.7 Å². The SMILES string of the molecule is CCc1cc(C(C)(C)COCc2ccc(F)c(Oc3ccccc3)c2)ccc1O. The number of hydrogen-bond acceptors (Lipinski definition) is 3. The third-order valence-electron chi connectivity index (χ3n) is 4.94. The van der Waals surface area contributed by atoms with Gasteiger partial charge in [0.1, 0.15) is 11.5 Å². The van der Waals surface area contributed by atoms with Crippen molar-refractivity contribution in [3.63, 3.8) is 0 Å². The van der Waals surface area contributed by atoms with Crippen LogP contribution in [0.2, 0.25) is 0 Å². The first-order chi connectivity index (χ1) is 13.9. The Morgan fingerprint density at radius 2 is 1.72 bits per heavy atom. The van der Waals surface area contributed by atoms with Crippen LogP contribution in [0.5, 0.6) is 17.2 Å². The van der Waals surface area contributed by atoms with Crippen LogP contribution in [0.4, 0.5) is 4.39 Å². The number of phenolic OH excluding ortho intramolecular Hbond substituents is 1. The second kappa shape index (κ2) is 9.10. The molecule has 3 aromatic rings. The van der Waals surface area contributed by atoms with E-state index in [1.165, 1.54) is 6.07 Å². The van der Waals surface area contributed by atoms with E-state index >= 15 is 0 Å². The van der Waals surface area contributed by atoms with Crippen molar-refractivity contribution in [2.24, 2.45) is 0 Å². The molecular weight excluding hydrogens is 367 g/mol. The lowest BCUT2D eigenvalue weighted by Gasteiger charge is -2.26. The average molecular weight is 394 g/mol. The molecule has 0 bridgehead atoms. The summed E-state index contributed by atoms with van der Waals surface area (Å²) in [5.74, 6) is 0.687. The van der Waals surface area contributed by atoms with E-state index in [0.29, 0.717) is 24.7 Å². The zero-order valence-corrected chi connectivity index (χ0v) is 17.1. The van der Waals surface area contributed by atoms with E-state index in [2.05, 4.69) is 13.8 Å². The standard InChI is InChI=1S/C25H27FO3/c1-4-19-15-20(11-13-23(19)27)25(2,3)17-28-16-18-10-12-22(26)24(14-18)29-21-8-6-5-7-9-21/h5-15,27H,4,16-17H2,1-3H3. The van der Waals surface area contributed by atoms with Crippen LogP contribution in [-0.4, -0.2) is 11.7 Å². The summed E-state index contributed by atoms with van der Waals surface area (Å²) in [4.78, 5) is 0. The Labute approximate surface area is 171 Å². The lowest BCUT2D eigenvalue weighted by Crippen LogP contribution is -2.24. The van der Waals surface area contributed by atoms with Gasteiger partial charge in [-0.05, 0) is 53.4 Å². The summed E-state index contributed by atoms with van der Waals surface area (Å²) >= 11 is 0. The first-order valence-corrected chi connectivity index (χ1v) is 9.80. The maximum absolute atomic E-state index is 14.1. The van der Waals surface area contributed by atoms with Gasteiger partial charge in [-0.1, -0.05) is 57.2 Å². The first-order valence-electron chi connectivity index (χ1n) is 9.80. The Hall–Kier alpha value is -2.85. The van der Waals surface area contributed by atoms with Gasteiger partial charge in [0, 0.05) is 5.41 Å². The van der Waals surface area contributed by atoms with Gasteiger partial charge in [0.15, 0.2) is 11.6 Å². The van der Waals surface area contributed by atoms with E-state index in [-0.39, 0.29) is 11.2 Å². The van der Waals surface area contributed by atoms with Gasteiger partial charge in [0.25, 0.3) is 0 Å². The Balaban J connectivity index is 1.64. The van der Waals surface area contributed by atoms with Gasteiger partial charge in [-0.25, -0.2) is 4.39 Å². The molecule has 0 heterocycles. The van der Waals surface area contributed by atoms with Crippen molar-refractivity contribution >= 4 is 0 Å². The van der Waals surface area contributed by atoms with E-state index in [1.54, 1.807) is 30.3 Å². The normalized spacial score (nSPS) is 11.4. The van der Waals surface area contributed by atoms with Gasteiger partial charge in [-0.3, -0.25) is 0 Å². The fourth-order valence-electron chi connectivity index (χ4n) is 3.13. The van der Waals surface area contributed by atoms with Crippen molar-refractivity contribution in [3.8, 4) is 17.2 Å². The third-order valence-corrected chi connectivity index (χ3v) is 4.94. The Morgan fingerprint density at radius 3 is 2.45 bits per heavy atom. The van der Waals surface area contributed by atoms with Crippen molar-refractivity contribution < 1.29 is 19.0 Å². The van der Waals surface area contributed by atoms with Crippen LogP contribution in [0.1, 0.15) is 37.5 Å². The summed E-state index contributed by atoms with van der Waals surface area (Å²) in [6.07, 6.45) is 0.774. The van der Waals surface area contributed by atoms with Crippen molar-refractivity contribution in [2.45, 2.75) is 39.2 Å². The van der Waals surface area contributed by atoms with E-state index < -0.39 is 5.82 Å². The predicted molar refractivity (Wildman–Crippen MR) is 113 cm³/mol. The summed E-state index contributed by atoms with van der Waals surface area (Å²) in [5.41, 5.74) is 2.66. The van der Waals surface area contributed by atoms with Crippen LogP contribution in [0, 0.1) is 5.82 Å². The maximum atomic E-state index is 14.1. The fourth-order valence-corrected chi connectivity index (χ4v) is 3.13. The number of rotatable bonds is 8. The molecule has 29 heavy (non-hydrogen) atoms. The molecule has 152 valence electrons. The van der Waals surface area contributed by atoms with Crippen LogP contribution < -0.4 is 4.74 Å². The number of ether oxygens (including phenoxy) is 2. The lowest BCUT2D eigenvalue weighted by molar-refractivity contribution is 0.0823. The molecule has 0 aliphatic heterocycles. The largest absolute Gasteiger partial charge is 0.508 e. The third kappa shape index (κ3) is 5.36. The molecule has 0 aliphatic rings. The quantitative estimate of drug-likeness (QED) is 0.482. The average Bonchev–Trinajstić information content (AvgIpc) is 2.71. The monoisotopic (exact) mass is 394 g/mol. The molecule has 1 N–H and O–H groups in total. The van der Waals surface area contributed by atoms with Crippen molar-refractivity contribution in [1.29, 1.82) is 0 Å². The molecule has 0 atom stereocenters. The van der Waals surface area contributed by atoms with E-state index in [1.807, 2.05) is 37.3 Å².